The van der Waals surface area contributed by atoms with Crippen LogP contribution in [-0.4, -0.2) is 47.6 Å². The summed E-state index contributed by atoms with van der Waals surface area (Å²) in [5.41, 5.74) is 4.00. The van der Waals surface area contributed by atoms with Crippen molar-refractivity contribution in [1.29, 1.82) is 0 Å². The molecular weight excluding hydrogens is 418 g/mol. The lowest BCUT2D eigenvalue weighted by molar-refractivity contribution is 0.478. The summed E-state index contributed by atoms with van der Waals surface area (Å²) in [7, 11) is 0. The molecule has 0 bridgehead atoms. The van der Waals surface area contributed by atoms with Gasteiger partial charge in [-0.3, -0.25) is 0 Å². The number of rotatable bonds is 5. The fourth-order valence-electron chi connectivity index (χ4n) is 3.97. The Balaban J connectivity index is 1.26. The molecule has 0 unspecified atom stereocenters. The number of aryl methyl sites for hydroxylation is 1. The number of ether oxygens (including phenoxy) is 1. The first-order valence-corrected chi connectivity index (χ1v) is 10.8. The third-order valence-electron chi connectivity index (χ3n) is 5.67. The highest BCUT2D eigenvalue weighted by molar-refractivity contribution is 5.87. The van der Waals surface area contributed by atoms with Crippen molar-refractivity contribution in [2.75, 3.05) is 23.3 Å². The molecule has 0 radical (unpaired) electrons. The summed E-state index contributed by atoms with van der Waals surface area (Å²) in [5, 5.41) is 7.49. The average molecular weight is 439 g/mol. The zero-order chi connectivity index (χ0) is 22.2. The second-order valence-electron chi connectivity index (χ2n) is 7.95. The monoisotopic (exact) mass is 439 g/mol. The van der Waals surface area contributed by atoms with E-state index in [1.54, 1.807) is 10.7 Å². The van der Waals surface area contributed by atoms with E-state index in [0.717, 1.165) is 41.7 Å². The molecule has 1 aliphatic heterocycles. The Labute approximate surface area is 189 Å². The van der Waals surface area contributed by atoms with Gasteiger partial charge in [0, 0.05) is 31.0 Å². The summed E-state index contributed by atoms with van der Waals surface area (Å²) in [6.45, 7) is 3.96. The zero-order valence-corrected chi connectivity index (χ0v) is 18.0. The SMILES string of the molecule is Cc1cc(Nc2ncnc3cnc(N4CCCC4)nc23)ccc1Oc1ccn2ncnc2c1. The quantitative estimate of drug-likeness (QED) is 0.436. The normalized spacial score (nSPS) is 13.7. The molecule has 6 rings (SSSR count). The summed E-state index contributed by atoms with van der Waals surface area (Å²) in [4.78, 5) is 24.4. The maximum Gasteiger partial charge on any atom is 0.226 e. The van der Waals surface area contributed by atoms with E-state index in [2.05, 4.69) is 35.3 Å². The van der Waals surface area contributed by atoms with Crippen LogP contribution < -0.4 is 15.0 Å². The highest BCUT2D eigenvalue weighted by Crippen LogP contribution is 2.30. The zero-order valence-electron chi connectivity index (χ0n) is 18.0. The van der Waals surface area contributed by atoms with Crippen molar-refractivity contribution in [2.45, 2.75) is 19.8 Å². The predicted molar refractivity (Wildman–Crippen MR) is 124 cm³/mol. The van der Waals surface area contributed by atoms with Gasteiger partial charge in [0.25, 0.3) is 0 Å². The minimum Gasteiger partial charge on any atom is -0.457 e. The van der Waals surface area contributed by atoms with Gasteiger partial charge in [-0.25, -0.2) is 29.4 Å². The van der Waals surface area contributed by atoms with Crippen molar-refractivity contribution >= 4 is 34.1 Å². The number of hydrogen-bond donors (Lipinski definition) is 1. The Morgan fingerprint density at radius 1 is 0.970 bits per heavy atom. The van der Waals surface area contributed by atoms with E-state index in [1.807, 2.05) is 43.5 Å². The van der Waals surface area contributed by atoms with Crippen LogP contribution in [0.2, 0.25) is 0 Å². The molecule has 0 aliphatic carbocycles. The summed E-state index contributed by atoms with van der Waals surface area (Å²) >= 11 is 0. The maximum atomic E-state index is 6.07. The predicted octanol–water partition coefficient (Wildman–Crippen LogP) is 3.91. The Hall–Kier alpha value is -4.34. The van der Waals surface area contributed by atoms with Gasteiger partial charge in [-0.15, -0.1) is 0 Å². The maximum absolute atomic E-state index is 6.07. The summed E-state index contributed by atoms with van der Waals surface area (Å²) in [6.07, 6.45) is 8.95. The standard InChI is InChI=1S/C23H21N9O/c1-15-10-16(4-5-19(15)33-17-6-9-32-20(11-17)26-14-28-32)29-22-21-18(25-13-27-22)12-24-23(30-21)31-7-2-3-8-31/h4-6,9-14H,2-3,7-8H2,1H3,(H,25,27,29). The first kappa shape index (κ1) is 19.4. The van der Waals surface area contributed by atoms with Crippen LogP contribution in [0.1, 0.15) is 18.4 Å². The van der Waals surface area contributed by atoms with Crippen LogP contribution in [0.15, 0.2) is 55.4 Å². The van der Waals surface area contributed by atoms with Crippen molar-refractivity contribution in [3.05, 3.63) is 60.9 Å². The number of pyridine rings is 1. The van der Waals surface area contributed by atoms with Crippen molar-refractivity contribution in [2.24, 2.45) is 0 Å². The molecule has 164 valence electrons. The lowest BCUT2D eigenvalue weighted by Gasteiger charge is -2.16. The van der Waals surface area contributed by atoms with E-state index in [9.17, 15) is 0 Å². The van der Waals surface area contributed by atoms with Crippen LogP contribution in [-0.2, 0) is 0 Å². The van der Waals surface area contributed by atoms with Crippen LogP contribution in [0.25, 0.3) is 16.7 Å². The average Bonchev–Trinajstić information content (AvgIpc) is 3.53. The first-order valence-electron chi connectivity index (χ1n) is 10.8. The largest absolute Gasteiger partial charge is 0.457 e. The Bertz CT molecular complexity index is 1460. The molecule has 1 saturated heterocycles. The molecule has 4 aromatic heterocycles. The van der Waals surface area contributed by atoms with E-state index in [1.165, 1.54) is 25.5 Å². The van der Waals surface area contributed by atoms with E-state index >= 15 is 0 Å². The molecule has 1 aliphatic rings. The highest BCUT2D eigenvalue weighted by Gasteiger charge is 2.17. The number of benzene rings is 1. The van der Waals surface area contributed by atoms with Crippen LogP contribution in [0.4, 0.5) is 17.5 Å². The minimum atomic E-state index is 0.646. The first-order chi connectivity index (χ1) is 16.2. The lowest BCUT2D eigenvalue weighted by atomic mass is 10.2. The van der Waals surface area contributed by atoms with Crippen molar-refractivity contribution in [3.8, 4) is 11.5 Å². The topological polar surface area (TPSA) is 106 Å². The molecule has 0 saturated carbocycles. The number of hydrogen-bond acceptors (Lipinski definition) is 9. The molecule has 1 aromatic carbocycles. The van der Waals surface area contributed by atoms with Crippen LogP contribution >= 0.6 is 0 Å². The van der Waals surface area contributed by atoms with Gasteiger partial charge in [0.1, 0.15) is 35.2 Å². The lowest BCUT2D eigenvalue weighted by Crippen LogP contribution is -2.20. The van der Waals surface area contributed by atoms with Gasteiger partial charge in [0.15, 0.2) is 11.5 Å². The molecule has 0 atom stereocenters. The van der Waals surface area contributed by atoms with Crippen molar-refractivity contribution < 1.29 is 4.74 Å². The van der Waals surface area contributed by atoms with Crippen LogP contribution in [0.5, 0.6) is 11.5 Å². The molecular formula is C23H21N9O. The van der Waals surface area contributed by atoms with E-state index in [-0.39, 0.29) is 0 Å². The van der Waals surface area contributed by atoms with E-state index < -0.39 is 0 Å². The van der Waals surface area contributed by atoms with Crippen LogP contribution in [0.3, 0.4) is 0 Å². The van der Waals surface area contributed by atoms with Gasteiger partial charge >= 0.3 is 0 Å². The van der Waals surface area contributed by atoms with Gasteiger partial charge < -0.3 is 15.0 Å². The molecule has 10 heteroatoms. The number of nitrogens with zero attached hydrogens (tertiary/aromatic N) is 8. The second kappa shape index (κ2) is 7.97. The molecule has 1 fully saturated rings. The summed E-state index contributed by atoms with van der Waals surface area (Å²) in [5.74, 6) is 2.83. The fourth-order valence-corrected chi connectivity index (χ4v) is 3.97. The number of aromatic nitrogens is 7. The highest BCUT2D eigenvalue weighted by atomic mass is 16.5. The molecule has 33 heavy (non-hydrogen) atoms. The Morgan fingerprint density at radius 3 is 2.76 bits per heavy atom. The Morgan fingerprint density at radius 2 is 1.88 bits per heavy atom. The van der Waals surface area contributed by atoms with E-state index in [4.69, 9.17) is 9.72 Å². The molecule has 0 amide bonds. The molecule has 5 aromatic rings. The number of nitrogens with one attached hydrogen (secondary N) is 1. The van der Waals surface area contributed by atoms with Gasteiger partial charge in [-0.2, -0.15) is 5.10 Å². The Kier molecular flexibility index (Phi) is 4.68. The molecule has 5 heterocycles. The van der Waals surface area contributed by atoms with Gasteiger partial charge in [-0.05, 0) is 49.6 Å². The third-order valence-corrected chi connectivity index (χ3v) is 5.67. The number of fused-ring (bicyclic) bond motifs is 2. The van der Waals surface area contributed by atoms with E-state index in [0.29, 0.717) is 22.6 Å². The van der Waals surface area contributed by atoms with Gasteiger partial charge in [0.2, 0.25) is 5.95 Å². The smallest absolute Gasteiger partial charge is 0.226 e. The second-order valence-corrected chi connectivity index (χ2v) is 7.95. The molecule has 10 nitrogen and oxygen atoms in total. The fraction of sp³-hybridized carbons (Fsp3) is 0.217. The number of anilines is 3. The van der Waals surface area contributed by atoms with Crippen LogP contribution in [0, 0.1) is 6.92 Å². The van der Waals surface area contributed by atoms with Crippen molar-refractivity contribution in [3.63, 3.8) is 0 Å². The third kappa shape index (κ3) is 3.75. The summed E-state index contributed by atoms with van der Waals surface area (Å²) in [6, 6.07) is 9.61. The molecule has 0 spiro atoms. The minimum absolute atomic E-state index is 0.646. The summed E-state index contributed by atoms with van der Waals surface area (Å²) < 4.78 is 7.77. The van der Waals surface area contributed by atoms with Gasteiger partial charge in [0.05, 0.1) is 6.20 Å². The van der Waals surface area contributed by atoms with Crippen molar-refractivity contribution in [1.82, 2.24) is 34.5 Å². The van der Waals surface area contributed by atoms with Gasteiger partial charge in [-0.1, -0.05) is 0 Å². The molecule has 1 N–H and O–H groups in total.